The summed E-state index contributed by atoms with van der Waals surface area (Å²) in [5.41, 5.74) is 0. The third-order valence-corrected chi connectivity index (χ3v) is 11.0. The smallest absolute Gasteiger partial charge is 0.306 e. The number of carbonyl (C=O) groups excluding carboxylic acids is 2. The van der Waals surface area contributed by atoms with Gasteiger partial charge >= 0.3 is 5.97 Å². The number of hydrogen-bond donors (Lipinski definition) is 3. The Hall–Kier alpha value is -2.96. The SMILES string of the molecule is CC/C=C/C/C=C/C/C=C/CCCCCCCCC(=O)OC(C/C=C\C/C=C\C/C=C\C/C=C\CCCCC)CC(=O)NC(CO)C(O)CCCCCCCCCCCCC. The van der Waals surface area contributed by atoms with Gasteiger partial charge in [0.05, 0.1) is 25.2 Å². The first-order valence-corrected chi connectivity index (χ1v) is 25.3. The van der Waals surface area contributed by atoms with Crippen LogP contribution in [0.1, 0.15) is 226 Å². The number of esters is 1. The molecule has 0 aliphatic carbocycles. The van der Waals surface area contributed by atoms with Crippen molar-refractivity contribution >= 4 is 11.9 Å². The fraction of sp³-hybridized carbons (Fsp3) is 0.709. The van der Waals surface area contributed by atoms with E-state index in [0.29, 0.717) is 19.3 Å². The summed E-state index contributed by atoms with van der Waals surface area (Å²) in [7, 11) is 0. The van der Waals surface area contributed by atoms with Gasteiger partial charge in [0.15, 0.2) is 0 Å². The summed E-state index contributed by atoms with van der Waals surface area (Å²) in [5, 5.41) is 23.7. The topological polar surface area (TPSA) is 95.9 Å². The molecule has 6 heteroatoms. The zero-order valence-corrected chi connectivity index (χ0v) is 39.8. The Kier molecular flexibility index (Phi) is 45.7. The Labute approximate surface area is 376 Å². The van der Waals surface area contributed by atoms with Crippen molar-refractivity contribution in [3.05, 3.63) is 85.1 Å². The first kappa shape index (κ1) is 58.0. The molecular weight excluding hydrogens is 755 g/mol. The lowest BCUT2D eigenvalue weighted by Crippen LogP contribution is -2.46. The summed E-state index contributed by atoms with van der Waals surface area (Å²) in [6, 6.07) is -0.736. The number of rotatable bonds is 44. The average Bonchev–Trinajstić information content (AvgIpc) is 3.25. The molecule has 0 heterocycles. The van der Waals surface area contributed by atoms with Gasteiger partial charge in [-0.1, -0.05) is 215 Å². The minimum atomic E-state index is -0.816. The van der Waals surface area contributed by atoms with E-state index in [1.807, 2.05) is 12.2 Å². The summed E-state index contributed by atoms with van der Waals surface area (Å²) in [4.78, 5) is 26.1. The van der Waals surface area contributed by atoms with E-state index in [1.165, 1.54) is 96.3 Å². The van der Waals surface area contributed by atoms with Crippen LogP contribution >= 0.6 is 0 Å². The lowest BCUT2D eigenvalue weighted by molar-refractivity contribution is -0.150. The molecule has 0 aliphatic heterocycles. The van der Waals surface area contributed by atoms with Crippen LogP contribution in [-0.4, -0.2) is 46.9 Å². The van der Waals surface area contributed by atoms with E-state index >= 15 is 0 Å². The monoisotopic (exact) mass is 850 g/mol. The quantitative estimate of drug-likeness (QED) is 0.0322. The molecule has 0 aromatic rings. The first-order chi connectivity index (χ1) is 30.0. The second kappa shape index (κ2) is 48.1. The molecule has 0 saturated carbocycles. The van der Waals surface area contributed by atoms with Gasteiger partial charge in [-0.3, -0.25) is 9.59 Å². The van der Waals surface area contributed by atoms with Crippen LogP contribution < -0.4 is 5.32 Å². The molecule has 0 aromatic heterocycles. The molecule has 3 atom stereocenters. The summed E-state index contributed by atoms with van der Waals surface area (Å²) in [6.07, 6.45) is 62.3. The Morgan fingerprint density at radius 2 is 0.918 bits per heavy atom. The maximum atomic E-state index is 13.2. The van der Waals surface area contributed by atoms with Crippen molar-refractivity contribution in [2.45, 2.75) is 244 Å². The number of aliphatic hydroxyl groups excluding tert-OH is 2. The number of ether oxygens (including phenoxy) is 1. The maximum absolute atomic E-state index is 13.2. The highest BCUT2D eigenvalue weighted by molar-refractivity contribution is 5.77. The highest BCUT2D eigenvalue weighted by atomic mass is 16.5. The molecule has 1 amide bonds. The minimum absolute atomic E-state index is 0.00748. The van der Waals surface area contributed by atoms with Gasteiger partial charge < -0.3 is 20.3 Å². The molecule has 0 rings (SSSR count). The van der Waals surface area contributed by atoms with Crippen LogP contribution in [0.2, 0.25) is 0 Å². The van der Waals surface area contributed by atoms with Gasteiger partial charge in [0.1, 0.15) is 6.10 Å². The number of unbranched alkanes of at least 4 members (excludes halogenated alkanes) is 19. The molecule has 3 N–H and O–H groups in total. The highest BCUT2D eigenvalue weighted by Crippen LogP contribution is 2.16. The molecule has 0 aliphatic rings. The Bertz CT molecular complexity index is 1180. The lowest BCUT2D eigenvalue weighted by atomic mass is 10.0. The van der Waals surface area contributed by atoms with E-state index in [4.69, 9.17) is 4.74 Å². The second-order valence-corrected chi connectivity index (χ2v) is 16.8. The maximum Gasteiger partial charge on any atom is 0.306 e. The molecular formula is C55H95NO5. The molecule has 350 valence electrons. The highest BCUT2D eigenvalue weighted by Gasteiger charge is 2.23. The van der Waals surface area contributed by atoms with Gasteiger partial charge in [-0.15, -0.1) is 0 Å². The summed E-state index contributed by atoms with van der Waals surface area (Å²) >= 11 is 0. The third-order valence-electron chi connectivity index (χ3n) is 11.0. The number of allylic oxidation sites excluding steroid dienone is 13. The van der Waals surface area contributed by atoms with Crippen molar-refractivity contribution in [3.63, 3.8) is 0 Å². The Morgan fingerprint density at radius 3 is 1.43 bits per heavy atom. The Morgan fingerprint density at radius 1 is 0.508 bits per heavy atom. The van der Waals surface area contributed by atoms with Crippen LogP contribution in [0.15, 0.2) is 85.1 Å². The van der Waals surface area contributed by atoms with E-state index in [-0.39, 0.29) is 24.9 Å². The number of carbonyl (C=O) groups is 2. The van der Waals surface area contributed by atoms with Gasteiger partial charge in [0.2, 0.25) is 5.91 Å². The zero-order valence-electron chi connectivity index (χ0n) is 39.8. The van der Waals surface area contributed by atoms with Crippen molar-refractivity contribution in [2.24, 2.45) is 0 Å². The number of hydrogen-bond acceptors (Lipinski definition) is 5. The normalized spacial score (nSPS) is 14.0. The molecule has 6 nitrogen and oxygen atoms in total. The molecule has 0 radical (unpaired) electrons. The van der Waals surface area contributed by atoms with Crippen LogP contribution in [0.25, 0.3) is 0 Å². The van der Waals surface area contributed by atoms with Crippen molar-refractivity contribution in [3.8, 4) is 0 Å². The van der Waals surface area contributed by atoms with Gasteiger partial charge in [0.25, 0.3) is 0 Å². The van der Waals surface area contributed by atoms with Gasteiger partial charge in [-0.25, -0.2) is 0 Å². The van der Waals surface area contributed by atoms with E-state index in [2.05, 4.69) is 99.0 Å². The summed E-state index contributed by atoms with van der Waals surface area (Å²) in [5.74, 6) is -0.596. The van der Waals surface area contributed by atoms with Crippen molar-refractivity contribution in [1.29, 1.82) is 0 Å². The van der Waals surface area contributed by atoms with Gasteiger partial charge in [-0.05, 0) is 77.0 Å². The van der Waals surface area contributed by atoms with Crippen LogP contribution in [0.5, 0.6) is 0 Å². The van der Waals surface area contributed by atoms with E-state index in [9.17, 15) is 19.8 Å². The van der Waals surface area contributed by atoms with E-state index < -0.39 is 18.2 Å². The summed E-state index contributed by atoms with van der Waals surface area (Å²) < 4.78 is 5.86. The molecule has 0 bridgehead atoms. The van der Waals surface area contributed by atoms with Crippen LogP contribution in [0.3, 0.4) is 0 Å². The number of amides is 1. The number of aliphatic hydroxyl groups is 2. The fourth-order valence-corrected chi connectivity index (χ4v) is 7.13. The molecule has 0 aromatic carbocycles. The number of nitrogens with one attached hydrogen (secondary N) is 1. The predicted octanol–water partition coefficient (Wildman–Crippen LogP) is 15.2. The molecule has 0 fully saturated rings. The van der Waals surface area contributed by atoms with Crippen molar-refractivity contribution in [2.75, 3.05) is 6.61 Å². The van der Waals surface area contributed by atoms with Gasteiger partial charge in [0, 0.05) is 12.8 Å². The van der Waals surface area contributed by atoms with Crippen LogP contribution in [0, 0.1) is 0 Å². The molecule has 0 saturated heterocycles. The first-order valence-electron chi connectivity index (χ1n) is 25.3. The average molecular weight is 850 g/mol. The molecule has 0 spiro atoms. The third kappa shape index (κ3) is 43.5. The van der Waals surface area contributed by atoms with Crippen molar-refractivity contribution in [1.82, 2.24) is 5.32 Å². The van der Waals surface area contributed by atoms with E-state index in [0.717, 1.165) is 83.5 Å². The Balaban J connectivity index is 4.76. The second-order valence-electron chi connectivity index (χ2n) is 16.8. The minimum Gasteiger partial charge on any atom is -0.461 e. The van der Waals surface area contributed by atoms with Crippen LogP contribution in [-0.2, 0) is 14.3 Å². The standard InChI is InChI=1S/C55H95NO5/c1-4-7-10-13-16-19-22-24-26-28-30-33-36-39-42-45-48-55(60)61-51(46-43-40-37-34-32-29-27-25-23-20-17-14-11-8-5-2)49-54(59)56-52(50-57)53(58)47-44-41-38-35-31-21-18-15-12-9-6-3/h7,10,16-17,19-20,24-27,32,34,40,43,51-53,57-58H,4-6,8-9,11-15,18,21-23,28-31,33,35-39,41-42,44-50H2,1-3H3,(H,56,59)/b10-7+,19-16+,20-17-,26-24+,27-25-,34-32-,43-40-. The summed E-state index contributed by atoms with van der Waals surface area (Å²) in [6.45, 7) is 6.30. The lowest BCUT2D eigenvalue weighted by Gasteiger charge is -2.24. The van der Waals surface area contributed by atoms with E-state index in [1.54, 1.807) is 0 Å². The predicted molar refractivity (Wildman–Crippen MR) is 264 cm³/mol. The molecule has 3 unspecified atom stereocenters. The largest absolute Gasteiger partial charge is 0.461 e. The van der Waals surface area contributed by atoms with Crippen LogP contribution in [0.4, 0.5) is 0 Å². The fourth-order valence-electron chi connectivity index (χ4n) is 7.13. The molecule has 61 heavy (non-hydrogen) atoms. The van der Waals surface area contributed by atoms with Gasteiger partial charge in [-0.2, -0.15) is 0 Å². The zero-order chi connectivity index (χ0) is 44.5. The van der Waals surface area contributed by atoms with Crippen molar-refractivity contribution < 1.29 is 24.5 Å².